The van der Waals surface area contributed by atoms with Crippen LogP contribution in [0.25, 0.3) is 35.1 Å². The molecule has 1 aromatic carbocycles. The highest BCUT2D eigenvalue weighted by molar-refractivity contribution is 5.76. The van der Waals surface area contributed by atoms with Crippen LogP contribution >= 0.6 is 0 Å². The average Bonchev–Trinajstić information content (AvgIpc) is 3.33. The van der Waals surface area contributed by atoms with Crippen LogP contribution in [0.15, 0.2) is 76.0 Å². The Balaban J connectivity index is 1.75. The first-order chi connectivity index (χ1) is 11.4. The van der Waals surface area contributed by atoms with Crippen molar-refractivity contribution in [3.8, 4) is 22.9 Å². The highest BCUT2D eigenvalue weighted by atomic mass is 16.3. The molecule has 0 spiro atoms. The number of benzene rings is 1. The van der Waals surface area contributed by atoms with E-state index in [4.69, 9.17) is 8.83 Å². The maximum atomic E-state index is 5.50. The van der Waals surface area contributed by atoms with Crippen LogP contribution in [0.5, 0.6) is 0 Å². The van der Waals surface area contributed by atoms with Crippen LogP contribution in [0.2, 0.25) is 0 Å². The van der Waals surface area contributed by atoms with Crippen LogP contribution in [0.1, 0.15) is 11.4 Å². The molecule has 1 N–H and O–H groups in total. The molecule has 4 rings (SSSR count). The fourth-order valence-corrected chi connectivity index (χ4v) is 2.40. The van der Waals surface area contributed by atoms with Crippen molar-refractivity contribution in [2.45, 2.75) is 0 Å². The van der Waals surface area contributed by atoms with Crippen LogP contribution in [-0.4, -0.2) is 9.97 Å². The maximum absolute atomic E-state index is 5.50. The topological polar surface area (TPSA) is 55.0 Å². The Hall–Kier alpha value is -3.27. The molecule has 3 heterocycles. The molecule has 0 unspecified atom stereocenters. The number of hydrogen-bond donors (Lipinski definition) is 1. The SMILES string of the molecule is C(=Cc1nc(-c2ccco2)c(-c2ccco2)[nH]1)c1ccccc1. The fourth-order valence-electron chi connectivity index (χ4n) is 2.40. The predicted octanol–water partition coefficient (Wildman–Crippen LogP) is 5.10. The van der Waals surface area contributed by atoms with E-state index in [1.165, 1.54) is 0 Å². The van der Waals surface area contributed by atoms with Crippen molar-refractivity contribution < 1.29 is 8.83 Å². The summed E-state index contributed by atoms with van der Waals surface area (Å²) in [7, 11) is 0. The predicted molar refractivity (Wildman–Crippen MR) is 89.4 cm³/mol. The van der Waals surface area contributed by atoms with Crippen LogP contribution in [0, 0.1) is 0 Å². The minimum atomic E-state index is 0.701. The minimum absolute atomic E-state index is 0.701. The monoisotopic (exact) mass is 302 g/mol. The Morgan fingerprint density at radius 3 is 2.22 bits per heavy atom. The molecule has 0 saturated carbocycles. The van der Waals surface area contributed by atoms with Gasteiger partial charge in [0.05, 0.1) is 12.5 Å². The first kappa shape index (κ1) is 13.4. The second-order valence-corrected chi connectivity index (χ2v) is 5.04. The van der Waals surface area contributed by atoms with E-state index in [1.54, 1.807) is 12.5 Å². The molecule has 4 aromatic rings. The van der Waals surface area contributed by atoms with Gasteiger partial charge in [0.25, 0.3) is 0 Å². The van der Waals surface area contributed by atoms with Crippen LogP contribution in [0.4, 0.5) is 0 Å². The lowest BCUT2D eigenvalue weighted by Gasteiger charge is -1.95. The number of nitrogens with one attached hydrogen (secondary N) is 1. The van der Waals surface area contributed by atoms with Crippen LogP contribution in [-0.2, 0) is 0 Å². The van der Waals surface area contributed by atoms with E-state index in [0.29, 0.717) is 5.76 Å². The van der Waals surface area contributed by atoms with E-state index in [-0.39, 0.29) is 0 Å². The molecule has 0 fully saturated rings. The third-order valence-corrected chi connectivity index (χ3v) is 3.48. The van der Waals surface area contributed by atoms with Gasteiger partial charge in [0.2, 0.25) is 0 Å². The second kappa shape index (κ2) is 5.85. The summed E-state index contributed by atoms with van der Waals surface area (Å²) in [4.78, 5) is 7.92. The van der Waals surface area contributed by atoms with Crippen molar-refractivity contribution >= 4 is 12.2 Å². The van der Waals surface area contributed by atoms with Crippen molar-refractivity contribution in [2.75, 3.05) is 0 Å². The first-order valence-corrected chi connectivity index (χ1v) is 7.31. The van der Waals surface area contributed by atoms with Gasteiger partial charge in [-0.2, -0.15) is 0 Å². The molecule has 0 radical (unpaired) electrons. The molecule has 0 bridgehead atoms. The van der Waals surface area contributed by atoms with E-state index in [1.807, 2.05) is 66.7 Å². The number of H-pyrrole nitrogens is 1. The van der Waals surface area contributed by atoms with E-state index in [0.717, 1.165) is 28.5 Å². The number of furan rings is 2. The van der Waals surface area contributed by atoms with Gasteiger partial charge in [-0.05, 0) is 35.9 Å². The van der Waals surface area contributed by atoms with Gasteiger partial charge in [-0.25, -0.2) is 4.98 Å². The fraction of sp³-hybridized carbons (Fsp3) is 0. The van der Waals surface area contributed by atoms with E-state index in [9.17, 15) is 0 Å². The van der Waals surface area contributed by atoms with Crippen LogP contribution in [0.3, 0.4) is 0 Å². The summed E-state index contributed by atoms with van der Waals surface area (Å²) in [5.41, 5.74) is 2.65. The molecule has 23 heavy (non-hydrogen) atoms. The Kier molecular flexibility index (Phi) is 3.41. The van der Waals surface area contributed by atoms with Crippen LogP contribution < -0.4 is 0 Å². The molecule has 0 aliphatic carbocycles. The minimum Gasteiger partial charge on any atom is -0.463 e. The summed E-state index contributed by atoms with van der Waals surface area (Å²) < 4.78 is 11.0. The number of rotatable bonds is 4. The van der Waals surface area contributed by atoms with Gasteiger partial charge in [-0.1, -0.05) is 36.4 Å². The third-order valence-electron chi connectivity index (χ3n) is 3.48. The van der Waals surface area contributed by atoms with Gasteiger partial charge in [0.1, 0.15) is 17.2 Å². The molecule has 112 valence electrons. The highest BCUT2D eigenvalue weighted by Gasteiger charge is 2.16. The molecular formula is C19H14N2O2. The normalized spacial score (nSPS) is 11.3. The quantitative estimate of drug-likeness (QED) is 0.570. The zero-order valence-electron chi connectivity index (χ0n) is 12.3. The van der Waals surface area contributed by atoms with E-state index in [2.05, 4.69) is 9.97 Å². The lowest BCUT2D eigenvalue weighted by Crippen LogP contribution is -1.78. The molecule has 0 aliphatic heterocycles. The van der Waals surface area contributed by atoms with Gasteiger partial charge in [-0.3, -0.25) is 0 Å². The van der Waals surface area contributed by atoms with Gasteiger partial charge in [-0.15, -0.1) is 0 Å². The van der Waals surface area contributed by atoms with Crippen molar-refractivity contribution in [1.29, 1.82) is 0 Å². The summed E-state index contributed by atoms with van der Waals surface area (Å²) in [6.07, 6.45) is 7.22. The van der Waals surface area contributed by atoms with Gasteiger partial charge < -0.3 is 13.8 Å². The summed E-state index contributed by atoms with van der Waals surface area (Å²) in [5, 5.41) is 0. The second-order valence-electron chi connectivity index (χ2n) is 5.04. The summed E-state index contributed by atoms with van der Waals surface area (Å²) in [6.45, 7) is 0. The molecular weight excluding hydrogens is 288 g/mol. The Morgan fingerprint density at radius 1 is 0.783 bits per heavy atom. The average molecular weight is 302 g/mol. The molecule has 4 heteroatoms. The standard InChI is InChI=1S/C19H14N2O2/c1-2-6-14(7-3-1)10-11-17-20-18(15-8-4-12-22-15)19(21-17)16-9-5-13-23-16/h1-13H,(H,20,21). The molecule has 0 amide bonds. The third kappa shape index (κ3) is 2.74. The molecule has 4 nitrogen and oxygen atoms in total. The first-order valence-electron chi connectivity index (χ1n) is 7.31. The van der Waals surface area contributed by atoms with Gasteiger partial charge in [0.15, 0.2) is 11.5 Å². The van der Waals surface area contributed by atoms with Crippen molar-refractivity contribution in [1.82, 2.24) is 9.97 Å². The summed E-state index contributed by atoms with van der Waals surface area (Å²) >= 11 is 0. The summed E-state index contributed by atoms with van der Waals surface area (Å²) in [6, 6.07) is 17.6. The smallest absolute Gasteiger partial charge is 0.154 e. The molecule has 0 saturated heterocycles. The van der Waals surface area contributed by atoms with E-state index >= 15 is 0 Å². The van der Waals surface area contributed by atoms with Gasteiger partial charge >= 0.3 is 0 Å². The zero-order chi connectivity index (χ0) is 15.5. The lowest BCUT2D eigenvalue weighted by molar-refractivity contribution is 0.573. The number of imidazole rings is 1. The van der Waals surface area contributed by atoms with Crippen molar-refractivity contribution in [3.63, 3.8) is 0 Å². The van der Waals surface area contributed by atoms with Gasteiger partial charge in [0, 0.05) is 0 Å². The largest absolute Gasteiger partial charge is 0.463 e. The Bertz CT molecular complexity index is 850. The molecule has 0 atom stereocenters. The highest BCUT2D eigenvalue weighted by Crippen LogP contribution is 2.31. The number of hydrogen-bond acceptors (Lipinski definition) is 3. The lowest BCUT2D eigenvalue weighted by atomic mass is 10.2. The Morgan fingerprint density at radius 2 is 1.52 bits per heavy atom. The van der Waals surface area contributed by atoms with Crippen molar-refractivity contribution in [3.05, 3.63) is 78.5 Å². The molecule has 0 aliphatic rings. The Labute approximate surface area is 133 Å². The molecule has 3 aromatic heterocycles. The number of aromatic amines is 1. The number of aromatic nitrogens is 2. The number of nitrogens with zero attached hydrogens (tertiary/aromatic N) is 1. The van der Waals surface area contributed by atoms with E-state index < -0.39 is 0 Å². The van der Waals surface area contributed by atoms with Crippen molar-refractivity contribution in [2.24, 2.45) is 0 Å². The summed E-state index contributed by atoms with van der Waals surface area (Å²) in [5.74, 6) is 2.17. The zero-order valence-corrected chi connectivity index (χ0v) is 12.3. The maximum Gasteiger partial charge on any atom is 0.154 e.